The van der Waals surface area contributed by atoms with Crippen LogP contribution in [0.5, 0.6) is 11.5 Å². The van der Waals surface area contributed by atoms with Gasteiger partial charge < -0.3 is 25.1 Å². The number of nitrogens with one attached hydrogen (secondary N) is 1. The third kappa shape index (κ3) is 3.42. The summed E-state index contributed by atoms with van der Waals surface area (Å²) >= 11 is 0. The van der Waals surface area contributed by atoms with Gasteiger partial charge in [0, 0.05) is 44.5 Å². The number of rotatable bonds is 5. The van der Waals surface area contributed by atoms with E-state index < -0.39 is 5.82 Å². The lowest BCUT2D eigenvalue weighted by atomic mass is 10.0. The number of anilines is 1. The van der Waals surface area contributed by atoms with Gasteiger partial charge in [-0.25, -0.2) is 4.39 Å². The molecule has 6 rings (SSSR count). The van der Waals surface area contributed by atoms with Crippen LogP contribution in [0.3, 0.4) is 0 Å². The maximum atomic E-state index is 15.4. The van der Waals surface area contributed by atoms with Crippen LogP contribution in [0.2, 0.25) is 0 Å². The summed E-state index contributed by atoms with van der Waals surface area (Å²) in [6, 6.07) is 13.2. The first-order chi connectivity index (χ1) is 16.6. The number of morpholine rings is 1. The minimum absolute atomic E-state index is 0.0645. The minimum atomic E-state index is -0.522. The van der Waals surface area contributed by atoms with Gasteiger partial charge in [-0.15, -0.1) is 0 Å². The second-order valence-electron chi connectivity index (χ2n) is 8.67. The summed E-state index contributed by atoms with van der Waals surface area (Å²) in [4.78, 5) is 15.3. The number of aromatic nitrogens is 1. The maximum absolute atomic E-state index is 15.4. The van der Waals surface area contributed by atoms with Crippen molar-refractivity contribution >= 4 is 27.4 Å². The molecule has 4 aromatic rings. The standard InChI is InChI=1S/C26H25FN4O3/c27-20-13-19-24-26(23(20)29-5-6-30-7-9-33-10-8-30)34-22-12-17-4-2-1-3-16(17)11-21(22)31(24)15-18(14-28)25(19)32/h1-4,11-13,15,29H,5-10,14,28H2. The van der Waals surface area contributed by atoms with Crippen molar-refractivity contribution in [3.8, 4) is 17.2 Å². The van der Waals surface area contributed by atoms with Crippen LogP contribution < -0.4 is 21.2 Å². The molecule has 0 atom stereocenters. The molecule has 0 amide bonds. The molecule has 174 valence electrons. The largest absolute Gasteiger partial charge is 0.451 e. The Kier molecular flexibility index (Phi) is 5.21. The van der Waals surface area contributed by atoms with E-state index in [1.54, 1.807) is 6.20 Å². The molecule has 0 saturated carbocycles. The van der Waals surface area contributed by atoms with Crippen LogP contribution in [-0.4, -0.2) is 48.9 Å². The normalized spacial score (nSPS) is 15.4. The molecule has 3 N–H and O–H groups in total. The molecule has 1 aromatic heterocycles. The first-order valence-electron chi connectivity index (χ1n) is 11.5. The Balaban J connectivity index is 1.50. The quantitative estimate of drug-likeness (QED) is 0.417. The molecule has 0 bridgehead atoms. The SMILES string of the molecule is NCc1cn2c3c(c(NCCN4CCOCC4)c(F)cc3c1=O)Oc1cc3ccccc3cc1-2. The van der Waals surface area contributed by atoms with Gasteiger partial charge in [0.05, 0.1) is 24.3 Å². The van der Waals surface area contributed by atoms with Crippen LogP contribution in [0.4, 0.5) is 10.1 Å². The van der Waals surface area contributed by atoms with E-state index in [1.807, 2.05) is 41.0 Å². The lowest BCUT2D eigenvalue weighted by molar-refractivity contribution is 0.0398. The monoisotopic (exact) mass is 460 g/mol. The molecule has 2 aliphatic heterocycles. The molecular formula is C26H25FN4O3. The third-order valence-corrected chi connectivity index (χ3v) is 6.62. The van der Waals surface area contributed by atoms with E-state index in [0.717, 1.165) is 36.1 Å². The van der Waals surface area contributed by atoms with E-state index in [-0.39, 0.29) is 23.0 Å². The van der Waals surface area contributed by atoms with Crippen molar-refractivity contribution in [3.05, 3.63) is 70.3 Å². The van der Waals surface area contributed by atoms with E-state index in [1.165, 1.54) is 6.07 Å². The highest BCUT2D eigenvalue weighted by molar-refractivity contribution is 5.96. The zero-order valence-corrected chi connectivity index (χ0v) is 18.6. The van der Waals surface area contributed by atoms with Crippen LogP contribution in [0.15, 0.2) is 53.5 Å². The highest BCUT2D eigenvalue weighted by Crippen LogP contribution is 2.46. The maximum Gasteiger partial charge on any atom is 0.194 e. The van der Waals surface area contributed by atoms with Crippen LogP contribution >= 0.6 is 0 Å². The molecule has 0 aliphatic carbocycles. The van der Waals surface area contributed by atoms with E-state index in [0.29, 0.717) is 42.3 Å². The molecule has 8 heteroatoms. The first kappa shape index (κ1) is 21.1. The van der Waals surface area contributed by atoms with Crippen LogP contribution in [-0.2, 0) is 11.3 Å². The van der Waals surface area contributed by atoms with Gasteiger partial charge in [-0.3, -0.25) is 9.69 Å². The number of fused-ring (bicyclic) bond motifs is 3. The summed E-state index contributed by atoms with van der Waals surface area (Å²) in [7, 11) is 0. The van der Waals surface area contributed by atoms with Crippen molar-refractivity contribution in [2.24, 2.45) is 5.73 Å². The van der Waals surface area contributed by atoms with E-state index in [4.69, 9.17) is 15.2 Å². The van der Waals surface area contributed by atoms with Gasteiger partial charge in [-0.05, 0) is 29.0 Å². The number of hydrogen-bond donors (Lipinski definition) is 2. The number of nitrogens with zero attached hydrogens (tertiary/aromatic N) is 2. The predicted octanol–water partition coefficient (Wildman–Crippen LogP) is 3.59. The fourth-order valence-corrected chi connectivity index (χ4v) is 4.83. The van der Waals surface area contributed by atoms with Gasteiger partial charge in [0.15, 0.2) is 22.7 Å². The fraction of sp³-hybridized carbons (Fsp3) is 0.269. The average molecular weight is 461 g/mol. The molecule has 3 aromatic carbocycles. The Morgan fingerprint density at radius 2 is 1.85 bits per heavy atom. The third-order valence-electron chi connectivity index (χ3n) is 6.62. The smallest absolute Gasteiger partial charge is 0.194 e. The Labute approximate surface area is 195 Å². The summed E-state index contributed by atoms with van der Waals surface area (Å²) in [5.41, 5.74) is 7.61. The molecule has 3 heterocycles. The van der Waals surface area contributed by atoms with Gasteiger partial charge in [0.2, 0.25) is 0 Å². The lowest BCUT2D eigenvalue weighted by Gasteiger charge is -2.28. The molecule has 1 saturated heterocycles. The Morgan fingerprint density at radius 3 is 2.62 bits per heavy atom. The average Bonchev–Trinajstić information content (AvgIpc) is 2.86. The lowest BCUT2D eigenvalue weighted by Crippen LogP contribution is -2.39. The Hall–Kier alpha value is -3.46. The van der Waals surface area contributed by atoms with Gasteiger partial charge in [-0.1, -0.05) is 24.3 Å². The Bertz CT molecular complexity index is 1480. The van der Waals surface area contributed by atoms with Crippen molar-refractivity contribution in [1.29, 1.82) is 0 Å². The van der Waals surface area contributed by atoms with Crippen molar-refractivity contribution < 1.29 is 13.9 Å². The zero-order valence-electron chi connectivity index (χ0n) is 18.6. The van der Waals surface area contributed by atoms with Crippen molar-refractivity contribution in [1.82, 2.24) is 9.47 Å². The number of nitrogens with two attached hydrogens (primary N) is 1. The molecule has 0 radical (unpaired) electrons. The number of ether oxygens (including phenoxy) is 2. The summed E-state index contributed by atoms with van der Waals surface area (Å²) in [6.07, 6.45) is 1.75. The van der Waals surface area contributed by atoms with Crippen molar-refractivity contribution in [2.45, 2.75) is 6.54 Å². The summed E-state index contributed by atoms with van der Waals surface area (Å²) < 4.78 is 29.0. The Morgan fingerprint density at radius 1 is 1.09 bits per heavy atom. The summed E-state index contributed by atoms with van der Waals surface area (Å²) in [5, 5.41) is 5.54. The zero-order chi connectivity index (χ0) is 23.2. The fourth-order valence-electron chi connectivity index (χ4n) is 4.83. The van der Waals surface area contributed by atoms with E-state index >= 15 is 4.39 Å². The summed E-state index contributed by atoms with van der Waals surface area (Å²) in [5.74, 6) is 0.396. The molecule has 0 unspecified atom stereocenters. The highest BCUT2D eigenvalue weighted by Gasteiger charge is 2.27. The second-order valence-corrected chi connectivity index (χ2v) is 8.67. The van der Waals surface area contributed by atoms with Gasteiger partial charge >= 0.3 is 0 Å². The topological polar surface area (TPSA) is 81.8 Å². The van der Waals surface area contributed by atoms with Crippen LogP contribution in [0.25, 0.3) is 27.4 Å². The first-order valence-corrected chi connectivity index (χ1v) is 11.5. The number of hydrogen-bond acceptors (Lipinski definition) is 6. The highest BCUT2D eigenvalue weighted by atomic mass is 19.1. The molecule has 34 heavy (non-hydrogen) atoms. The van der Waals surface area contributed by atoms with Crippen molar-refractivity contribution in [3.63, 3.8) is 0 Å². The molecular weight excluding hydrogens is 435 g/mol. The second kappa shape index (κ2) is 8.39. The molecule has 7 nitrogen and oxygen atoms in total. The summed E-state index contributed by atoms with van der Waals surface area (Å²) in [6.45, 7) is 4.47. The van der Waals surface area contributed by atoms with E-state index in [9.17, 15) is 4.79 Å². The molecule has 2 aliphatic rings. The van der Waals surface area contributed by atoms with Crippen LogP contribution in [0, 0.1) is 5.82 Å². The number of halogens is 1. The molecule has 0 spiro atoms. The van der Waals surface area contributed by atoms with Crippen LogP contribution in [0.1, 0.15) is 5.56 Å². The number of pyridine rings is 1. The van der Waals surface area contributed by atoms with E-state index in [2.05, 4.69) is 10.2 Å². The van der Waals surface area contributed by atoms with Gasteiger partial charge in [0.25, 0.3) is 0 Å². The molecule has 1 fully saturated rings. The van der Waals surface area contributed by atoms with Gasteiger partial charge in [-0.2, -0.15) is 0 Å². The number of benzene rings is 3. The van der Waals surface area contributed by atoms with Gasteiger partial charge in [0.1, 0.15) is 11.2 Å². The predicted molar refractivity (Wildman–Crippen MR) is 131 cm³/mol. The minimum Gasteiger partial charge on any atom is -0.451 e. The van der Waals surface area contributed by atoms with Crippen molar-refractivity contribution in [2.75, 3.05) is 44.7 Å².